The normalized spacial score (nSPS) is 23.1. The molecule has 0 amide bonds. The lowest BCUT2D eigenvalue weighted by molar-refractivity contribution is -0.387. The highest BCUT2D eigenvalue weighted by Gasteiger charge is 2.24. The third-order valence-electron chi connectivity index (χ3n) is 3.71. The van der Waals surface area contributed by atoms with E-state index >= 15 is 0 Å². The van der Waals surface area contributed by atoms with Gasteiger partial charge in [0, 0.05) is 23.9 Å². The van der Waals surface area contributed by atoms with Gasteiger partial charge in [-0.3, -0.25) is 10.1 Å². The number of anilines is 1. The minimum Gasteiger partial charge on any atom is -0.382 e. The molecule has 1 aromatic rings. The van der Waals surface area contributed by atoms with E-state index in [0.717, 1.165) is 19.3 Å². The smallest absolute Gasteiger partial charge is 0.304 e. The molecule has 2 unspecified atom stereocenters. The third-order valence-corrected chi connectivity index (χ3v) is 3.71. The summed E-state index contributed by atoms with van der Waals surface area (Å²) in [5.41, 5.74) is 5.82. The lowest BCUT2D eigenvalue weighted by Gasteiger charge is -2.32. The van der Waals surface area contributed by atoms with Crippen LogP contribution in [0.25, 0.3) is 0 Å². The Hall–Kier alpha value is -1.69. The Kier molecular flexibility index (Phi) is 4.31. The van der Waals surface area contributed by atoms with Crippen LogP contribution in [-0.4, -0.2) is 17.5 Å². The molecule has 1 aliphatic rings. The molecule has 1 aliphatic carbocycles. The number of hydrogen-bond acceptors (Lipinski definition) is 4. The molecule has 2 atom stereocenters. The van der Waals surface area contributed by atoms with Crippen molar-refractivity contribution in [2.75, 3.05) is 11.9 Å². The summed E-state index contributed by atoms with van der Waals surface area (Å²) >= 11 is 0. The van der Waals surface area contributed by atoms with E-state index in [1.165, 1.54) is 18.6 Å². The molecule has 0 radical (unpaired) electrons. The predicted molar refractivity (Wildman–Crippen MR) is 71.5 cm³/mol. The summed E-state index contributed by atoms with van der Waals surface area (Å²) in [6.07, 6.45) is 4.38. The van der Waals surface area contributed by atoms with Gasteiger partial charge in [0.25, 0.3) is 0 Å². The average Bonchev–Trinajstić information content (AvgIpc) is 2.39. The predicted octanol–water partition coefficient (Wildman–Crippen LogP) is 2.66. The van der Waals surface area contributed by atoms with Gasteiger partial charge in [-0.1, -0.05) is 12.8 Å². The first-order valence-electron chi connectivity index (χ1n) is 6.52. The quantitative estimate of drug-likeness (QED) is 0.649. The topological polar surface area (TPSA) is 81.2 Å². The van der Waals surface area contributed by atoms with Crippen molar-refractivity contribution < 1.29 is 9.31 Å². The van der Waals surface area contributed by atoms with E-state index in [1.807, 2.05) is 0 Å². The fourth-order valence-corrected chi connectivity index (χ4v) is 2.64. The Balaban J connectivity index is 2.10. The van der Waals surface area contributed by atoms with Gasteiger partial charge in [0.1, 0.15) is 0 Å². The second kappa shape index (κ2) is 5.97. The molecule has 1 aromatic carbocycles. The first-order chi connectivity index (χ1) is 9.11. The second-order valence-electron chi connectivity index (χ2n) is 4.95. The molecule has 0 heterocycles. The van der Waals surface area contributed by atoms with E-state index in [1.54, 1.807) is 6.07 Å². The Bertz CT molecular complexity index is 467. The molecule has 6 heteroatoms. The first kappa shape index (κ1) is 13.7. The lowest BCUT2D eigenvalue weighted by Crippen LogP contribution is -2.36. The van der Waals surface area contributed by atoms with Crippen LogP contribution in [0, 0.1) is 21.8 Å². The zero-order valence-corrected chi connectivity index (χ0v) is 10.6. The van der Waals surface area contributed by atoms with Gasteiger partial charge in [0.15, 0.2) is 0 Å². The largest absolute Gasteiger partial charge is 0.382 e. The number of hydrogen-bond donors (Lipinski definition) is 2. The number of benzene rings is 1. The Morgan fingerprint density at radius 2 is 2.16 bits per heavy atom. The van der Waals surface area contributed by atoms with Crippen molar-refractivity contribution in [2.45, 2.75) is 31.7 Å². The molecule has 0 saturated heterocycles. The second-order valence-corrected chi connectivity index (χ2v) is 4.95. The van der Waals surface area contributed by atoms with Gasteiger partial charge in [-0.25, -0.2) is 0 Å². The van der Waals surface area contributed by atoms with E-state index in [9.17, 15) is 14.5 Å². The number of rotatable bonds is 4. The molecule has 0 spiro atoms. The highest BCUT2D eigenvalue weighted by atomic mass is 19.1. The van der Waals surface area contributed by atoms with Crippen molar-refractivity contribution in [1.29, 1.82) is 0 Å². The van der Waals surface area contributed by atoms with Crippen molar-refractivity contribution in [3.05, 3.63) is 34.1 Å². The fourth-order valence-electron chi connectivity index (χ4n) is 2.64. The number of nitrogens with one attached hydrogen (secondary N) is 1. The fraction of sp³-hybridized carbons (Fsp3) is 0.538. The molecule has 0 aromatic heterocycles. The molecule has 5 nitrogen and oxygen atoms in total. The van der Waals surface area contributed by atoms with Crippen LogP contribution < -0.4 is 11.1 Å². The standard InChI is InChI=1S/C13H18FN3O2/c14-11-7-10(5-6-13(11)17(18)19)16-12-4-2-1-3-9(12)8-15/h5-7,9,12,16H,1-4,8,15H2. The summed E-state index contributed by atoms with van der Waals surface area (Å²) in [6, 6.07) is 4.14. The van der Waals surface area contributed by atoms with Crippen molar-refractivity contribution in [3.63, 3.8) is 0 Å². The maximum absolute atomic E-state index is 13.5. The third kappa shape index (κ3) is 3.20. The number of nitrogens with zero attached hydrogens (tertiary/aromatic N) is 1. The van der Waals surface area contributed by atoms with Gasteiger partial charge >= 0.3 is 5.69 Å². The number of halogens is 1. The highest BCUT2D eigenvalue weighted by molar-refractivity contribution is 5.50. The van der Waals surface area contributed by atoms with Crippen molar-refractivity contribution in [1.82, 2.24) is 0 Å². The van der Waals surface area contributed by atoms with Crippen molar-refractivity contribution in [2.24, 2.45) is 11.7 Å². The molecule has 0 aliphatic heterocycles. The number of nitro benzene ring substituents is 1. The molecular weight excluding hydrogens is 249 g/mol. The van der Waals surface area contributed by atoms with Crippen LogP contribution in [0.4, 0.5) is 15.8 Å². The Morgan fingerprint density at radius 3 is 2.79 bits per heavy atom. The first-order valence-corrected chi connectivity index (χ1v) is 6.52. The van der Waals surface area contributed by atoms with Crippen LogP contribution in [0.5, 0.6) is 0 Å². The van der Waals surface area contributed by atoms with Crippen LogP contribution >= 0.6 is 0 Å². The molecule has 2 rings (SSSR count). The van der Waals surface area contributed by atoms with Crippen molar-refractivity contribution >= 4 is 11.4 Å². The van der Waals surface area contributed by atoms with Crippen LogP contribution in [0.1, 0.15) is 25.7 Å². The van der Waals surface area contributed by atoms with E-state index in [4.69, 9.17) is 5.73 Å². The van der Waals surface area contributed by atoms with Gasteiger partial charge < -0.3 is 11.1 Å². The minimum atomic E-state index is -0.810. The molecule has 3 N–H and O–H groups in total. The molecule has 1 saturated carbocycles. The summed E-state index contributed by atoms with van der Waals surface area (Å²) in [5, 5.41) is 13.8. The molecular formula is C13H18FN3O2. The van der Waals surface area contributed by atoms with Gasteiger partial charge in [0.2, 0.25) is 5.82 Å². The number of nitrogens with two attached hydrogens (primary N) is 1. The van der Waals surface area contributed by atoms with Crippen LogP contribution in [0.3, 0.4) is 0 Å². The van der Waals surface area contributed by atoms with E-state index in [-0.39, 0.29) is 6.04 Å². The lowest BCUT2D eigenvalue weighted by atomic mass is 9.84. The van der Waals surface area contributed by atoms with Crippen LogP contribution in [0.15, 0.2) is 18.2 Å². The highest BCUT2D eigenvalue weighted by Crippen LogP contribution is 2.28. The number of nitro groups is 1. The zero-order chi connectivity index (χ0) is 13.8. The van der Waals surface area contributed by atoms with Gasteiger partial charge in [-0.15, -0.1) is 0 Å². The molecule has 19 heavy (non-hydrogen) atoms. The minimum absolute atomic E-state index is 0.222. The zero-order valence-electron chi connectivity index (χ0n) is 10.6. The van der Waals surface area contributed by atoms with Gasteiger partial charge in [-0.2, -0.15) is 4.39 Å². The average molecular weight is 267 g/mol. The summed E-state index contributed by atoms with van der Waals surface area (Å²) in [7, 11) is 0. The van der Waals surface area contributed by atoms with E-state index in [2.05, 4.69) is 5.32 Å². The molecule has 1 fully saturated rings. The molecule has 0 bridgehead atoms. The maximum Gasteiger partial charge on any atom is 0.304 e. The Morgan fingerprint density at radius 1 is 1.42 bits per heavy atom. The Labute approximate surface area is 111 Å². The van der Waals surface area contributed by atoms with Crippen LogP contribution in [-0.2, 0) is 0 Å². The van der Waals surface area contributed by atoms with Crippen LogP contribution in [0.2, 0.25) is 0 Å². The monoisotopic (exact) mass is 267 g/mol. The van der Waals surface area contributed by atoms with Gasteiger partial charge in [0.05, 0.1) is 4.92 Å². The summed E-state index contributed by atoms with van der Waals surface area (Å²) in [6.45, 7) is 0.604. The molecule has 104 valence electrons. The SMILES string of the molecule is NCC1CCCCC1Nc1ccc([N+](=O)[O-])c(F)c1. The van der Waals surface area contributed by atoms with Crippen molar-refractivity contribution in [3.8, 4) is 0 Å². The summed E-state index contributed by atoms with van der Waals surface area (Å²) in [5.74, 6) is -0.429. The summed E-state index contributed by atoms with van der Waals surface area (Å²) in [4.78, 5) is 9.83. The summed E-state index contributed by atoms with van der Waals surface area (Å²) < 4.78 is 13.5. The van der Waals surface area contributed by atoms with Gasteiger partial charge in [-0.05, 0) is 31.4 Å². The van der Waals surface area contributed by atoms with E-state index in [0.29, 0.717) is 18.2 Å². The van der Waals surface area contributed by atoms with E-state index < -0.39 is 16.4 Å². The maximum atomic E-state index is 13.5.